The normalized spacial score (nSPS) is 17.0. The van der Waals surface area contributed by atoms with E-state index in [4.69, 9.17) is 4.74 Å². The molecule has 0 aliphatic carbocycles. The Balaban J connectivity index is 2.00. The number of methoxy groups -OCH3 is 1. The molecule has 0 bridgehead atoms. The summed E-state index contributed by atoms with van der Waals surface area (Å²) < 4.78 is 32.7. The van der Waals surface area contributed by atoms with E-state index in [9.17, 15) is 8.78 Å². The van der Waals surface area contributed by atoms with Crippen LogP contribution in [0.2, 0.25) is 0 Å². The quantitative estimate of drug-likeness (QED) is 0.780. The molecule has 1 atom stereocenters. The van der Waals surface area contributed by atoms with E-state index < -0.39 is 11.6 Å². The monoisotopic (exact) mass is 353 g/mol. The van der Waals surface area contributed by atoms with Gasteiger partial charge < -0.3 is 10.1 Å². The van der Waals surface area contributed by atoms with Crippen LogP contribution in [0.1, 0.15) is 23.6 Å². The van der Waals surface area contributed by atoms with Gasteiger partial charge in [0.2, 0.25) is 0 Å². The molecule has 5 heteroatoms. The highest BCUT2D eigenvalue weighted by Gasteiger charge is 2.26. The van der Waals surface area contributed by atoms with Crippen LogP contribution in [0.4, 0.5) is 14.5 Å². The van der Waals surface area contributed by atoms with E-state index in [1.165, 1.54) is 6.07 Å². The van der Waals surface area contributed by atoms with Crippen molar-refractivity contribution < 1.29 is 13.5 Å². The van der Waals surface area contributed by atoms with E-state index in [1.54, 1.807) is 7.11 Å². The summed E-state index contributed by atoms with van der Waals surface area (Å²) in [7, 11) is 1.63. The fourth-order valence-electron chi connectivity index (χ4n) is 2.73. The van der Waals surface area contributed by atoms with Crippen LogP contribution in [-0.4, -0.2) is 7.11 Å². The number of hydrogen-bond donors (Lipinski definition) is 1. The van der Waals surface area contributed by atoms with E-state index in [-0.39, 0.29) is 10.5 Å². The molecule has 0 saturated carbocycles. The van der Waals surface area contributed by atoms with Gasteiger partial charge in [0.1, 0.15) is 5.75 Å². The number of fused-ring (bicyclic) bond motifs is 1. The first-order valence-corrected chi connectivity index (χ1v) is 7.47. The molecule has 1 unspecified atom stereocenters. The predicted octanol–water partition coefficient (Wildman–Crippen LogP) is 4.84. The number of benzene rings is 2. The molecule has 3 rings (SSSR count). The van der Waals surface area contributed by atoms with Gasteiger partial charge >= 0.3 is 0 Å². The Labute approximate surface area is 130 Å². The minimum absolute atomic E-state index is 0.00908. The zero-order chi connectivity index (χ0) is 15.0. The van der Waals surface area contributed by atoms with E-state index >= 15 is 0 Å². The van der Waals surface area contributed by atoms with Gasteiger partial charge in [-0.25, -0.2) is 8.78 Å². The van der Waals surface area contributed by atoms with Crippen LogP contribution in [0, 0.1) is 11.6 Å². The second-order valence-electron chi connectivity index (χ2n) is 5.00. The molecule has 2 aromatic carbocycles. The topological polar surface area (TPSA) is 21.3 Å². The molecule has 2 nitrogen and oxygen atoms in total. The maximum Gasteiger partial charge on any atom is 0.175 e. The van der Waals surface area contributed by atoms with Gasteiger partial charge in [-0.15, -0.1) is 0 Å². The Morgan fingerprint density at radius 1 is 1.29 bits per heavy atom. The fraction of sp³-hybridized carbons (Fsp3) is 0.250. The summed E-state index contributed by atoms with van der Waals surface area (Å²) in [5.41, 5.74) is 2.42. The van der Waals surface area contributed by atoms with Crippen molar-refractivity contribution in [1.29, 1.82) is 0 Å². The third-order valence-electron chi connectivity index (χ3n) is 3.78. The van der Waals surface area contributed by atoms with E-state index in [2.05, 4.69) is 21.2 Å². The third-order valence-corrected chi connectivity index (χ3v) is 4.52. The Hall–Kier alpha value is -1.62. The largest absolute Gasteiger partial charge is 0.496 e. The summed E-state index contributed by atoms with van der Waals surface area (Å²) in [4.78, 5) is 0. The average molecular weight is 354 g/mol. The van der Waals surface area contributed by atoms with Crippen molar-refractivity contribution in [2.75, 3.05) is 12.4 Å². The average Bonchev–Trinajstić information content (AvgIpc) is 2.52. The summed E-state index contributed by atoms with van der Waals surface area (Å²) in [6, 6.07) is 9.00. The van der Waals surface area contributed by atoms with Gasteiger partial charge in [-0.3, -0.25) is 0 Å². The highest BCUT2D eigenvalue weighted by atomic mass is 79.9. The lowest BCUT2D eigenvalue weighted by molar-refractivity contribution is 0.405. The van der Waals surface area contributed by atoms with Crippen molar-refractivity contribution in [3.63, 3.8) is 0 Å². The first-order valence-electron chi connectivity index (χ1n) is 6.67. The maximum atomic E-state index is 13.7. The summed E-state index contributed by atoms with van der Waals surface area (Å²) in [5.74, 6) is -0.891. The van der Waals surface area contributed by atoms with E-state index in [0.717, 1.165) is 23.3 Å². The molecule has 0 saturated heterocycles. The zero-order valence-corrected chi connectivity index (χ0v) is 13.0. The molecule has 21 heavy (non-hydrogen) atoms. The Kier molecular flexibility index (Phi) is 3.85. The SMILES string of the molecule is COc1ccccc1C1CCc2cc(F)c(F)c(Br)c2N1. The number of hydrogen-bond acceptors (Lipinski definition) is 2. The van der Waals surface area contributed by atoms with Crippen molar-refractivity contribution in [2.45, 2.75) is 18.9 Å². The van der Waals surface area contributed by atoms with Crippen LogP contribution in [0.5, 0.6) is 5.75 Å². The molecular formula is C16H14BrF2NO. The van der Waals surface area contributed by atoms with Crippen molar-refractivity contribution in [2.24, 2.45) is 0 Å². The number of rotatable bonds is 2. The smallest absolute Gasteiger partial charge is 0.175 e. The number of para-hydroxylation sites is 1. The molecule has 1 aliphatic rings. The maximum absolute atomic E-state index is 13.7. The van der Waals surface area contributed by atoms with Crippen molar-refractivity contribution in [1.82, 2.24) is 0 Å². The lowest BCUT2D eigenvalue weighted by atomic mass is 9.93. The lowest BCUT2D eigenvalue weighted by Gasteiger charge is -2.29. The standard InChI is InChI=1S/C16H14BrF2NO/c1-21-13-5-3-2-4-10(13)12-7-6-9-8-11(18)15(19)14(17)16(9)20-12/h2-5,8,12,20H,6-7H2,1H3. The van der Waals surface area contributed by atoms with Crippen molar-refractivity contribution in [3.8, 4) is 5.75 Å². The summed E-state index contributed by atoms with van der Waals surface area (Å²) in [6.07, 6.45) is 1.48. The highest BCUT2D eigenvalue weighted by molar-refractivity contribution is 9.10. The molecule has 0 aromatic heterocycles. The molecule has 1 N–H and O–H groups in total. The molecule has 0 radical (unpaired) electrons. The summed E-state index contributed by atoms with van der Waals surface area (Å²) >= 11 is 3.14. The molecular weight excluding hydrogens is 340 g/mol. The molecule has 1 aliphatic heterocycles. The Morgan fingerprint density at radius 2 is 2.05 bits per heavy atom. The lowest BCUT2D eigenvalue weighted by Crippen LogP contribution is -2.20. The predicted molar refractivity (Wildman–Crippen MR) is 81.7 cm³/mol. The van der Waals surface area contributed by atoms with Crippen LogP contribution in [0.15, 0.2) is 34.8 Å². The van der Waals surface area contributed by atoms with Gasteiger partial charge in [-0.2, -0.15) is 0 Å². The zero-order valence-electron chi connectivity index (χ0n) is 11.4. The van der Waals surface area contributed by atoms with Gasteiger partial charge in [0.15, 0.2) is 11.6 Å². The summed E-state index contributed by atoms with van der Waals surface area (Å²) in [5, 5.41) is 3.29. The second kappa shape index (κ2) is 5.64. The van der Waals surface area contributed by atoms with Crippen LogP contribution in [0.25, 0.3) is 0 Å². The number of aryl methyl sites for hydroxylation is 1. The van der Waals surface area contributed by atoms with E-state index in [0.29, 0.717) is 12.1 Å². The Morgan fingerprint density at radius 3 is 2.81 bits per heavy atom. The van der Waals surface area contributed by atoms with Gasteiger partial charge in [0.25, 0.3) is 0 Å². The number of anilines is 1. The van der Waals surface area contributed by atoms with Gasteiger partial charge in [-0.1, -0.05) is 18.2 Å². The fourth-order valence-corrected chi connectivity index (χ4v) is 3.29. The highest BCUT2D eigenvalue weighted by Crippen LogP contribution is 2.41. The van der Waals surface area contributed by atoms with Gasteiger partial charge in [-0.05, 0) is 46.5 Å². The van der Waals surface area contributed by atoms with Gasteiger partial charge in [0, 0.05) is 5.56 Å². The second-order valence-corrected chi connectivity index (χ2v) is 5.79. The molecule has 0 fully saturated rings. The minimum atomic E-state index is -0.859. The molecule has 1 heterocycles. The van der Waals surface area contributed by atoms with Crippen molar-refractivity contribution >= 4 is 21.6 Å². The Bertz CT molecular complexity index is 690. The summed E-state index contributed by atoms with van der Waals surface area (Å²) in [6.45, 7) is 0. The van der Waals surface area contributed by atoms with E-state index in [1.807, 2.05) is 24.3 Å². The molecule has 0 spiro atoms. The van der Waals surface area contributed by atoms with Gasteiger partial charge in [0.05, 0.1) is 23.3 Å². The minimum Gasteiger partial charge on any atom is -0.496 e. The third kappa shape index (κ3) is 2.50. The van der Waals surface area contributed by atoms with Crippen molar-refractivity contribution in [3.05, 3.63) is 57.6 Å². The van der Waals surface area contributed by atoms with Crippen LogP contribution < -0.4 is 10.1 Å². The number of ether oxygens (including phenoxy) is 1. The number of halogens is 3. The molecule has 0 amide bonds. The first-order chi connectivity index (χ1) is 10.1. The first kappa shape index (κ1) is 14.3. The van der Waals surface area contributed by atoms with Crippen LogP contribution in [0.3, 0.4) is 0 Å². The number of nitrogens with one attached hydrogen (secondary N) is 1. The van der Waals surface area contributed by atoms with Crippen LogP contribution >= 0.6 is 15.9 Å². The molecule has 2 aromatic rings. The molecule has 110 valence electrons. The van der Waals surface area contributed by atoms with Crippen LogP contribution in [-0.2, 0) is 6.42 Å².